The van der Waals surface area contributed by atoms with Gasteiger partial charge >= 0.3 is 0 Å². The maximum atomic E-state index is 13.6. The fraction of sp³-hybridized carbons (Fsp3) is 0.333. The Morgan fingerprint density at radius 3 is 2.76 bits per heavy atom. The lowest BCUT2D eigenvalue weighted by Gasteiger charge is -2.12. The third kappa shape index (κ3) is 2.94. The SMILES string of the molecule is Cc1c(N)nc(C2CC2)nc1NCc1cc(F)ccc1F. The Morgan fingerprint density at radius 1 is 1.29 bits per heavy atom. The molecule has 3 N–H and O–H groups in total. The van der Waals surface area contributed by atoms with Gasteiger partial charge < -0.3 is 11.1 Å². The van der Waals surface area contributed by atoms with Gasteiger partial charge in [0.1, 0.15) is 29.1 Å². The summed E-state index contributed by atoms with van der Waals surface area (Å²) in [6, 6.07) is 3.38. The molecule has 4 nitrogen and oxygen atoms in total. The van der Waals surface area contributed by atoms with Crippen LogP contribution in [0.4, 0.5) is 20.4 Å². The van der Waals surface area contributed by atoms with Crippen LogP contribution in [-0.2, 0) is 6.54 Å². The molecule has 110 valence electrons. The molecule has 0 unspecified atom stereocenters. The average Bonchev–Trinajstić information content (AvgIpc) is 3.28. The lowest BCUT2D eigenvalue weighted by Crippen LogP contribution is -2.10. The minimum atomic E-state index is -0.467. The van der Waals surface area contributed by atoms with E-state index in [9.17, 15) is 8.78 Å². The van der Waals surface area contributed by atoms with Gasteiger partial charge in [-0.3, -0.25) is 0 Å². The fourth-order valence-electron chi connectivity index (χ4n) is 2.11. The normalized spacial score (nSPS) is 14.2. The summed E-state index contributed by atoms with van der Waals surface area (Å²) in [6.45, 7) is 1.95. The Kier molecular flexibility index (Phi) is 3.45. The zero-order valence-corrected chi connectivity index (χ0v) is 11.7. The zero-order valence-electron chi connectivity index (χ0n) is 11.7. The van der Waals surface area contributed by atoms with E-state index in [1.54, 1.807) is 6.92 Å². The molecule has 1 aliphatic carbocycles. The highest BCUT2D eigenvalue weighted by molar-refractivity contribution is 5.55. The topological polar surface area (TPSA) is 63.8 Å². The molecule has 6 heteroatoms. The van der Waals surface area contributed by atoms with Gasteiger partial charge in [-0.25, -0.2) is 18.7 Å². The van der Waals surface area contributed by atoms with E-state index in [0.29, 0.717) is 17.6 Å². The largest absolute Gasteiger partial charge is 0.383 e. The van der Waals surface area contributed by atoms with E-state index in [2.05, 4.69) is 15.3 Å². The molecule has 1 aliphatic rings. The van der Waals surface area contributed by atoms with Gasteiger partial charge in [-0.2, -0.15) is 0 Å². The van der Waals surface area contributed by atoms with Crippen molar-refractivity contribution >= 4 is 11.6 Å². The highest BCUT2D eigenvalue weighted by atomic mass is 19.1. The fourth-order valence-corrected chi connectivity index (χ4v) is 2.11. The molecule has 2 aromatic rings. The first-order chi connectivity index (χ1) is 10.0. The lowest BCUT2D eigenvalue weighted by atomic mass is 10.2. The molecule has 0 radical (unpaired) electrons. The maximum absolute atomic E-state index is 13.6. The summed E-state index contributed by atoms with van der Waals surface area (Å²) in [5.74, 6) is 1.18. The second-order valence-corrected chi connectivity index (χ2v) is 5.30. The number of aromatic nitrogens is 2. The van der Waals surface area contributed by atoms with Gasteiger partial charge in [0.25, 0.3) is 0 Å². The van der Waals surface area contributed by atoms with Crippen molar-refractivity contribution in [1.82, 2.24) is 9.97 Å². The molecule has 0 atom stereocenters. The van der Waals surface area contributed by atoms with Gasteiger partial charge in [0.05, 0.1) is 0 Å². The average molecular weight is 290 g/mol. The Labute approximate surface area is 121 Å². The van der Waals surface area contributed by atoms with Crippen molar-refractivity contribution in [3.8, 4) is 0 Å². The monoisotopic (exact) mass is 290 g/mol. The van der Waals surface area contributed by atoms with Crippen molar-refractivity contribution in [3.05, 3.63) is 46.8 Å². The molecule has 1 saturated carbocycles. The Hall–Kier alpha value is -2.24. The van der Waals surface area contributed by atoms with Crippen molar-refractivity contribution in [2.75, 3.05) is 11.1 Å². The number of anilines is 2. The van der Waals surface area contributed by atoms with Crippen molar-refractivity contribution in [1.29, 1.82) is 0 Å². The first-order valence-electron chi connectivity index (χ1n) is 6.86. The lowest BCUT2D eigenvalue weighted by molar-refractivity contribution is 0.587. The molecule has 1 aromatic heterocycles. The molecule has 1 aromatic carbocycles. The van der Waals surface area contributed by atoms with E-state index >= 15 is 0 Å². The second kappa shape index (κ2) is 5.27. The van der Waals surface area contributed by atoms with Crippen LogP contribution in [0.25, 0.3) is 0 Å². The Morgan fingerprint density at radius 2 is 2.05 bits per heavy atom. The predicted octanol–water partition coefficient (Wildman–Crippen LogP) is 3.13. The van der Waals surface area contributed by atoms with Gasteiger partial charge in [-0.15, -0.1) is 0 Å². The number of nitrogen functional groups attached to an aromatic ring is 1. The molecule has 21 heavy (non-hydrogen) atoms. The number of halogens is 2. The van der Waals surface area contributed by atoms with Crippen LogP contribution in [0.3, 0.4) is 0 Å². The third-order valence-corrected chi connectivity index (χ3v) is 3.60. The number of rotatable bonds is 4. The molecule has 0 spiro atoms. The highest BCUT2D eigenvalue weighted by Gasteiger charge is 2.27. The van der Waals surface area contributed by atoms with Crippen LogP contribution >= 0.6 is 0 Å². The van der Waals surface area contributed by atoms with Crippen LogP contribution in [0, 0.1) is 18.6 Å². The summed E-state index contributed by atoms with van der Waals surface area (Å²) >= 11 is 0. The number of nitrogens with zero attached hydrogens (tertiary/aromatic N) is 2. The molecule has 0 aliphatic heterocycles. The molecule has 0 bridgehead atoms. The molecular weight excluding hydrogens is 274 g/mol. The Balaban J connectivity index is 1.82. The van der Waals surface area contributed by atoms with Crippen molar-refractivity contribution < 1.29 is 8.78 Å². The maximum Gasteiger partial charge on any atom is 0.136 e. The smallest absolute Gasteiger partial charge is 0.136 e. The van der Waals surface area contributed by atoms with Gasteiger partial charge in [0, 0.05) is 23.6 Å². The van der Waals surface area contributed by atoms with E-state index in [1.165, 1.54) is 6.07 Å². The van der Waals surface area contributed by atoms with Crippen LogP contribution in [0.2, 0.25) is 0 Å². The minimum Gasteiger partial charge on any atom is -0.383 e. The van der Waals surface area contributed by atoms with Crippen molar-refractivity contribution in [2.24, 2.45) is 0 Å². The van der Waals surface area contributed by atoms with Crippen LogP contribution in [0.15, 0.2) is 18.2 Å². The van der Waals surface area contributed by atoms with Gasteiger partial charge in [-0.05, 0) is 38.0 Å². The van der Waals surface area contributed by atoms with Crippen LogP contribution in [0.1, 0.15) is 35.7 Å². The van der Waals surface area contributed by atoms with E-state index in [1.807, 2.05) is 0 Å². The molecule has 3 rings (SSSR count). The van der Waals surface area contributed by atoms with Gasteiger partial charge in [0.15, 0.2) is 0 Å². The summed E-state index contributed by atoms with van der Waals surface area (Å²) in [6.07, 6.45) is 2.14. The number of hydrogen-bond acceptors (Lipinski definition) is 4. The predicted molar refractivity (Wildman–Crippen MR) is 76.8 cm³/mol. The molecular formula is C15H16F2N4. The second-order valence-electron chi connectivity index (χ2n) is 5.30. The van der Waals surface area contributed by atoms with E-state index in [4.69, 9.17) is 5.73 Å². The molecule has 1 fully saturated rings. The Bertz CT molecular complexity index is 684. The first kappa shape index (κ1) is 13.7. The summed E-state index contributed by atoms with van der Waals surface area (Å²) in [5, 5.41) is 3.02. The molecule has 0 amide bonds. The molecule has 1 heterocycles. The van der Waals surface area contributed by atoms with E-state index in [0.717, 1.165) is 36.4 Å². The number of nitrogens with one attached hydrogen (secondary N) is 1. The first-order valence-corrected chi connectivity index (χ1v) is 6.86. The summed E-state index contributed by atoms with van der Waals surface area (Å²) in [7, 11) is 0. The third-order valence-electron chi connectivity index (χ3n) is 3.60. The number of benzene rings is 1. The number of nitrogens with two attached hydrogens (primary N) is 1. The summed E-state index contributed by atoms with van der Waals surface area (Å²) < 4.78 is 26.8. The standard InChI is InChI=1S/C15H16F2N4/c1-8-13(18)20-15(9-2-3-9)21-14(8)19-7-10-6-11(16)4-5-12(10)17/h4-6,9H,2-3,7H2,1H3,(H3,18,19,20,21). The summed E-state index contributed by atoms with van der Waals surface area (Å²) in [4.78, 5) is 8.72. The van der Waals surface area contributed by atoms with Crippen LogP contribution in [-0.4, -0.2) is 9.97 Å². The highest BCUT2D eigenvalue weighted by Crippen LogP contribution is 2.39. The summed E-state index contributed by atoms with van der Waals surface area (Å²) in [5.41, 5.74) is 6.85. The van der Waals surface area contributed by atoms with Gasteiger partial charge in [-0.1, -0.05) is 0 Å². The number of hydrogen-bond donors (Lipinski definition) is 2. The molecule has 0 saturated heterocycles. The zero-order chi connectivity index (χ0) is 15.0. The van der Waals surface area contributed by atoms with E-state index < -0.39 is 11.6 Å². The van der Waals surface area contributed by atoms with Gasteiger partial charge in [0.2, 0.25) is 0 Å². The van der Waals surface area contributed by atoms with Crippen molar-refractivity contribution in [2.45, 2.75) is 32.2 Å². The minimum absolute atomic E-state index is 0.144. The quantitative estimate of drug-likeness (QED) is 0.908. The van der Waals surface area contributed by atoms with E-state index in [-0.39, 0.29) is 12.1 Å². The van der Waals surface area contributed by atoms with Crippen LogP contribution < -0.4 is 11.1 Å². The van der Waals surface area contributed by atoms with Crippen LogP contribution in [0.5, 0.6) is 0 Å². The van der Waals surface area contributed by atoms with Crippen molar-refractivity contribution in [3.63, 3.8) is 0 Å².